The third-order valence-corrected chi connectivity index (χ3v) is 4.76. The first-order valence-corrected chi connectivity index (χ1v) is 8.44. The normalized spacial score (nSPS) is 16.1. The summed E-state index contributed by atoms with van der Waals surface area (Å²) >= 11 is 1.61. The number of nitrogens with zero attached hydrogens (tertiary/aromatic N) is 4. The molecule has 0 aromatic carbocycles. The maximum absolute atomic E-state index is 11.3. The molecule has 0 N–H and O–H groups in total. The maximum atomic E-state index is 11.3. The molecule has 6 nitrogen and oxygen atoms in total. The van der Waals surface area contributed by atoms with Crippen LogP contribution in [0.25, 0.3) is 10.7 Å². The summed E-state index contributed by atoms with van der Waals surface area (Å²) in [7, 11) is 0. The van der Waals surface area contributed by atoms with E-state index in [9.17, 15) is 4.79 Å². The Balaban J connectivity index is 1.41. The quantitative estimate of drug-likeness (QED) is 0.842. The highest BCUT2D eigenvalue weighted by molar-refractivity contribution is 7.13. The summed E-state index contributed by atoms with van der Waals surface area (Å²) in [4.78, 5) is 21.0. The molecule has 1 fully saturated rings. The Hall–Kier alpha value is -1.73. The Bertz CT molecular complexity index is 603. The molecule has 0 saturated carbocycles. The van der Waals surface area contributed by atoms with E-state index in [0.29, 0.717) is 11.7 Å². The van der Waals surface area contributed by atoms with Crippen LogP contribution in [0.4, 0.5) is 0 Å². The Kier molecular flexibility index (Phi) is 4.84. The highest BCUT2D eigenvalue weighted by Crippen LogP contribution is 2.21. The second kappa shape index (κ2) is 7.02. The summed E-state index contributed by atoms with van der Waals surface area (Å²) in [6.45, 7) is 6.20. The van der Waals surface area contributed by atoms with Gasteiger partial charge in [0.1, 0.15) is 0 Å². The average Bonchev–Trinajstić information content (AvgIpc) is 3.19. The van der Waals surface area contributed by atoms with Crippen molar-refractivity contribution in [1.82, 2.24) is 19.9 Å². The van der Waals surface area contributed by atoms with Gasteiger partial charge in [-0.15, -0.1) is 11.3 Å². The number of hydrogen-bond donors (Lipinski definition) is 0. The van der Waals surface area contributed by atoms with Crippen LogP contribution >= 0.6 is 11.3 Å². The van der Waals surface area contributed by atoms with E-state index in [0.717, 1.165) is 50.4 Å². The predicted octanol–water partition coefficient (Wildman–Crippen LogP) is 1.89. The molecule has 0 aliphatic carbocycles. The molecule has 1 saturated heterocycles. The monoisotopic (exact) mass is 320 g/mol. The molecule has 1 aliphatic heterocycles. The Morgan fingerprint density at radius 2 is 2.18 bits per heavy atom. The minimum Gasteiger partial charge on any atom is -0.340 e. The molecule has 3 heterocycles. The van der Waals surface area contributed by atoms with Gasteiger partial charge in [-0.05, 0) is 24.4 Å². The maximum Gasteiger partial charge on any atom is 0.227 e. The molecule has 0 bridgehead atoms. The van der Waals surface area contributed by atoms with Crippen molar-refractivity contribution < 1.29 is 9.32 Å². The summed E-state index contributed by atoms with van der Waals surface area (Å²) in [6, 6.07) is 3.98. The first kappa shape index (κ1) is 15.2. The van der Waals surface area contributed by atoms with Crippen LogP contribution in [-0.2, 0) is 11.2 Å². The number of carbonyl (C=O) groups excluding carboxylic acids is 1. The van der Waals surface area contributed by atoms with Gasteiger partial charge in [0.15, 0.2) is 0 Å². The third-order valence-electron chi connectivity index (χ3n) is 3.89. The van der Waals surface area contributed by atoms with E-state index in [-0.39, 0.29) is 5.91 Å². The van der Waals surface area contributed by atoms with Gasteiger partial charge in [0, 0.05) is 39.5 Å². The number of aromatic nitrogens is 2. The van der Waals surface area contributed by atoms with Crippen molar-refractivity contribution in [3.63, 3.8) is 0 Å². The standard InChI is InChI=1S/C15H20N4O2S/c1-12(20)19-9-7-18(8-10-19)6-2-5-14-16-15(17-21-14)13-4-3-11-22-13/h3-4,11H,2,5-10H2,1H3. The zero-order valence-electron chi connectivity index (χ0n) is 12.7. The fraction of sp³-hybridized carbons (Fsp3) is 0.533. The number of rotatable bonds is 5. The van der Waals surface area contributed by atoms with Crippen LogP contribution in [0.15, 0.2) is 22.0 Å². The molecule has 3 rings (SSSR count). The summed E-state index contributed by atoms with van der Waals surface area (Å²) < 4.78 is 5.30. The van der Waals surface area contributed by atoms with Gasteiger partial charge in [0.2, 0.25) is 17.6 Å². The summed E-state index contributed by atoms with van der Waals surface area (Å²) in [5.41, 5.74) is 0. The second-order valence-corrected chi connectivity index (χ2v) is 6.39. The van der Waals surface area contributed by atoms with E-state index < -0.39 is 0 Å². The lowest BCUT2D eigenvalue weighted by molar-refractivity contribution is -0.130. The molecule has 0 atom stereocenters. The van der Waals surface area contributed by atoms with Crippen molar-refractivity contribution in [2.75, 3.05) is 32.7 Å². The molecule has 0 spiro atoms. The molecule has 0 radical (unpaired) electrons. The summed E-state index contributed by atoms with van der Waals surface area (Å²) in [5.74, 6) is 1.55. The van der Waals surface area contributed by atoms with E-state index in [1.807, 2.05) is 22.4 Å². The second-order valence-electron chi connectivity index (χ2n) is 5.44. The van der Waals surface area contributed by atoms with E-state index in [1.54, 1.807) is 18.3 Å². The molecule has 22 heavy (non-hydrogen) atoms. The predicted molar refractivity (Wildman–Crippen MR) is 84.6 cm³/mol. The lowest BCUT2D eigenvalue weighted by Gasteiger charge is -2.34. The van der Waals surface area contributed by atoms with Crippen molar-refractivity contribution >= 4 is 17.2 Å². The number of thiophene rings is 1. The number of piperazine rings is 1. The first-order chi connectivity index (χ1) is 10.7. The molecular weight excluding hydrogens is 300 g/mol. The van der Waals surface area contributed by atoms with Gasteiger partial charge in [-0.3, -0.25) is 9.69 Å². The molecule has 2 aromatic rings. The largest absolute Gasteiger partial charge is 0.340 e. The molecule has 0 unspecified atom stereocenters. The van der Waals surface area contributed by atoms with Gasteiger partial charge in [0.05, 0.1) is 4.88 Å². The highest BCUT2D eigenvalue weighted by Gasteiger charge is 2.18. The number of aryl methyl sites for hydroxylation is 1. The fourth-order valence-electron chi connectivity index (χ4n) is 2.60. The molecule has 1 amide bonds. The van der Waals surface area contributed by atoms with Gasteiger partial charge < -0.3 is 9.42 Å². The zero-order chi connectivity index (χ0) is 15.4. The number of amides is 1. The van der Waals surface area contributed by atoms with Gasteiger partial charge >= 0.3 is 0 Å². The minimum absolute atomic E-state index is 0.173. The SMILES string of the molecule is CC(=O)N1CCN(CCCc2nc(-c3cccs3)no2)CC1. The lowest BCUT2D eigenvalue weighted by atomic mass is 10.2. The van der Waals surface area contributed by atoms with Crippen LogP contribution in [0.5, 0.6) is 0 Å². The first-order valence-electron chi connectivity index (χ1n) is 7.57. The highest BCUT2D eigenvalue weighted by atomic mass is 32.1. The van der Waals surface area contributed by atoms with Gasteiger partial charge in [-0.1, -0.05) is 11.2 Å². The zero-order valence-corrected chi connectivity index (χ0v) is 13.5. The molecule has 2 aromatic heterocycles. The molecular formula is C15H20N4O2S. The van der Waals surface area contributed by atoms with Crippen molar-refractivity contribution in [1.29, 1.82) is 0 Å². The van der Waals surface area contributed by atoms with Crippen molar-refractivity contribution in [3.05, 3.63) is 23.4 Å². The van der Waals surface area contributed by atoms with Crippen LogP contribution in [0, 0.1) is 0 Å². The van der Waals surface area contributed by atoms with Gasteiger partial charge in [-0.25, -0.2) is 0 Å². The van der Waals surface area contributed by atoms with E-state index in [2.05, 4.69) is 15.0 Å². The van der Waals surface area contributed by atoms with Crippen molar-refractivity contribution in [2.24, 2.45) is 0 Å². The van der Waals surface area contributed by atoms with Gasteiger partial charge in [0.25, 0.3) is 0 Å². The minimum atomic E-state index is 0.173. The fourth-order valence-corrected chi connectivity index (χ4v) is 3.25. The Morgan fingerprint density at radius 1 is 1.36 bits per heavy atom. The molecule has 1 aliphatic rings. The van der Waals surface area contributed by atoms with E-state index >= 15 is 0 Å². The molecule has 7 heteroatoms. The van der Waals surface area contributed by atoms with E-state index in [4.69, 9.17) is 4.52 Å². The lowest BCUT2D eigenvalue weighted by Crippen LogP contribution is -2.48. The Morgan fingerprint density at radius 3 is 2.86 bits per heavy atom. The number of hydrogen-bond acceptors (Lipinski definition) is 6. The van der Waals surface area contributed by atoms with Gasteiger partial charge in [-0.2, -0.15) is 4.98 Å². The topological polar surface area (TPSA) is 62.5 Å². The third kappa shape index (κ3) is 3.72. The van der Waals surface area contributed by atoms with Crippen LogP contribution < -0.4 is 0 Å². The van der Waals surface area contributed by atoms with Crippen LogP contribution in [0.1, 0.15) is 19.2 Å². The Labute approximate surface area is 133 Å². The van der Waals surface area contributed by atoms with Crippen LogP contribution in [0.3, 0.4) is 0 Å². The van der Waals surface area contributed by atoms with Crippen molar-refractivity contribution in [2.45, 2.75) is 19.8 Å². The summed E-state index contributed by atoms with van der Waals surface area (Å²) in [5, 5.41) is 6.03. The van der Waals surface area contributed by atoms with Crippen LogP contribution in [0.2, 0.25) is 0 Å². The molecule has 118 valence electrons. The number of carbonyl (C=O) groups is 1. The van der Waals surface area contributed by atoms with E-state index in [1.165, 1.54) is 0 Å². The van der Waals surface area contributed by atoms with Crippen molar-refractivity contribution in [3.8, 4) is 10.7 Å². The summed E-state index contributed by atoms with van der Waals surface area (Å²) in [6.07, 6.45) is 1.79. The smallest absolute Gasteiger partial charge is 0.227 e. The van der Waals surface area contributed by atoms with Crippen LogP contribution in [-0.4, -0.2) is 58.6 Å². The average molecular weight is 320 g/mol.